The molecule has 3 aromatic rings. The lowest BCUT2D eigenvalue weighted by Crippen LogP contribution is -2.40. The molecule has 1 aromatic carbocycles. The second-order valence-electron chi connectivity index (χ2n) is 9.02. The highest BCUT2D eigenvalue weighted by atomic mass is 35.5. The summed E-state index contributed by atoms with van der Waals surface area (Å²) in [6.07, 6.45) is 0.711. The maximum atomic E-state index is 13.3. The number of aromatic nitrogens is 4. The number of halogens is 4. The molecule has 1 fully saturated rings. The van der Waals surface area contributed by atoms with E-state index in [-0.39, 0.29) is 58.6 Å². The highest BCUT2D eigenvalue weighted by molar-refractivity contribution is 6.34. The molecule has 0 atom stereocenters. The molecular formula is C24H24ClF3N8O2. The summed E-state index contributed by atoms with van der Waals surface area (Å²) in [6, 6.07) is 6.35. The minimum Gasteiger partial charge on any atom is -0.349 e. The van der Waals surface area contributed by atoms with Crippen LogP contribution in [0, 0.1) is 11.3 Å². The molecule has 1 aliphatic rings. The molecule has 4 rings (SSSR count). The minimum atomic E-state index is -4.71. The number of nitrogens with two attached hydrogens (primary N) is 1. The number of nitrogens with one attached hydrogen (secondary N) is 3. The summed E-state index contributed by atoms with van der Waals surface area (Å²) in [6.45, 7) is -0.335. The highest BCUT2D eigenvalue weighted by Crippen LogP contribution is 2.31. The van der Waals surface area contributed by atoms with Crippen LogP contribution in [0.3, 0.4) is 0 Å². The van der Waals surface area contributed by atoms with Crippen molar-refractivity contribution in [3.05, 3.63) is 64.0 Å². The molecule has 2 amide bonds. The standard InChI is InChI=1S/C24H24ClF3N8O2/c25-19-10-16(5-6-18(19)22(37)33-15-3-1-14(30)2-4-15)34-23(38)21-31-11-17(32-21)9-13-12-36(8-7-29)35-20(13)24(26,27)28/h5-6,10-12,14-15H,1-4,8-9,30H2,(H,31,32)(H,33,37)(H,34,38). The number of aromatic amines is 1. The number of carbonyl (C=O) groups is 2. The number of anilines is 1. The summed E-state index contributed by atoms with van der Waals surface area (Å²) in [5, 5.41) is 17.9. The third-order valence-corrected chi connectivity index (χ3v) is 6.45. The van der Waals surface area contributed by atoms with Crippen LogP contribution in [0.25, 0.3) is 0 Å². The number of H-pyrrole nitrogens is 1. The maximum absolute atomic E-state index is 13.3. The van der Waals surface area contributed by atoms with Crippen molar-refractivity contribution in [1.29, 1.82) is 5.26 Å². The quantitative estimate of drug-likeness (QED) is 0.353. The third kappa shape index (κ3) is 6.51. The van der Waals surface area contributed by atoms with E-state index in [2.05, 4.69) is 25.7 Å². The molecule has 14 heteroatoms. The molecule has 38 heavy (non-hydrogen) atoms. The zero-order valence-electron chi connectivity index (χ0n) is 20.0. The van der Waals surface area contributed by atoms with Gasteiger partial charge in [0.2, 0.25) is 0 Å². The fourth-order valence-electron chi connectivity index (χ4n) is 4.25. The number of alkyl halides is 3. The van der Waals surface area contributed by atoms with Gasteiger partial charge in [0.1, 0.15) is 6.54 Å². The highest BCUT2D eigenvalue weighted by Gasteiger charge is 2.37. The number of rotatable bonds is 7. The number of hydrogen-bond donors (Lipinski definition) is 4. The molecule has 2 heterocycles. The van der Waals surface area contributed by atoms with Crippen LogP contribution in [0.15, 0.2) is 30.6 Å². The first kappa shape index (κ1) is 27.2. The Bertz CT molecular complexity index is 1370. The number of nitriles is 1. The van der Waals surface area contributed by atoms with Gasteiger partial charge in [0.25, 0.3) is 11.8 Å². The summed E-state index contributed by atoms with van der Waals surface area (Å²) in [5.74, 6) is -1.11. The van der Waals surface area contributed by atoms with E-state index in [9.17, 15) is 22.8 Å². The molecule has 0 unspecified atom stereocenters. The molecule has 1 aliphatic carbocycles. The Morgan fingerprint density at radius 3 is 2.63 bits per heavy atom. The van der Waals surface area contributed by atoms with Crippen molar-refractivity contribution in [3.63, 3.8) is 0 Å². The second-order valence-corrected chi connectivity index (χ2v) is 9.43. The Hall–Kier alpha value is -3.89. The zero-order chi connectivity index (χ0) is 27.4. The van der Waals surface area contributed by atoms with E-state index in [0.29, 0.717) is 5.69 Å². The third-order valence-electron chi connectivity index (χ3n) is 6.14. The van der Waals surface area contributed by atoms with E-state index >= 15 is 0 Å². The normalized spacial score (nSPS) is 17.6. The van der Waals surface area contributed by atoms with Gasteiger partial charge in [0.15, 0.2) is 11.5 Å². The predicted molar refractivity (Wildman–Crippen MR) is 131 cm³/mol. The maximum Gasteiger partial charge on any atom is 0.435 e. The number of amides is 2. The predicted octanol–water partition coefficient (Wildman–Crippen LogP) is 3.64. The smallest absolute Gasteiger partial charge is 0.349 e. The fourth-order valence-corrected chi connectivity index (χ4v) is 4.51. The lowest BCUT2D eigenvalue weighted by Gasteiger charge is -2.27. The van der Waals surface area contributed by atoms with Crippen LogP contribution in [-0.2, 0) is 19.1 Å². The molecule has 1 saturated carbocycles. The number of carbonyl (C=O) groups excluding carboxylic acids is 2. The molecule has 2 aromatic heterocycles. The van der Waals surface area contributed by atoms with Crippen LogP contribution in [-0.4, -0.2) is 43.6 Å². The van der Waals surface area contributed by atoms with Gasteiger partial charge in [-0.2, -0.15) is 23.5 Å². The number of imidazole rings is 1. The van der Waals surface area contributed by atoms with Gasteiger partial charge in [0, 0.05) is 47.8 Å². The zero-order valence-corrected chi connectivity index (χ0v) is 20.7. The minimum absolute atomic E-state index is 0.0267. The summed E-state index contributed by atoms with van der Waals surface area (Å²) in [4.78, 5) is 31.9. The van der Waals surface area contributed by atoms with Crippen molar-refractivity contribution in [2.75, 3.05) is 5.32 Å². The van der Waals surface area contributed by atoms with Crippen LogP contribution in [0.1, 0.15) is 63.6 Å². The van der Waals surface area contributed by atoms with Gasteiger partial charge in [-0.1, -0.05) is 11.6 Å². The molecule has 0 spiro atoms. The number of hydrogen-bond acceptors (Lipinski definition) is 6. The fraction of sp³-hybridized carbons (Fsp3) is 0.375. The first-order chi connectivity index (χ1) is 18.0. The van der Waals surface area contributed by atoms with Crippen LogP contribution in [0.5, 0.6) is 0 Å². The van der Waals surface area contributed by atoms with Gasteiger partial charge < -0.3 is 21.4 Å². The van der Waals surface area contributed by atoms with Crippen molar-refractivity contribution in [3.8, 4) is 6.07 Å². The van der Waals surface area contributed by atoms with Gasteiger partial charge in [-0.05, 0) is 43.9 Å². The molecule has 200 valence electrons. The summed E-state index contributed by atoms with van der Waals surface area (Å²) in [5.41, 5.74) is 5.43. The van der Waals surface area contributed by atoms with Crippen molar-refractivity contribution >= 4 is 29.1 Å². The van der Waals surface area contributed by atoms with Crippen molar-refractivity contribution in [2.45, 2.75) is 56.9 Å². The lowest BCUT2D eigenvalue weighted by atomic mass is 9.91. The van der Waals surface area contributed by atoms with Crippen LogP contribution < -0.4 is 16.4 Å². The van der Waals surface area contributed by atoms with E-state index in [1.807, 2.05) is 0 Å². The van der Waals surface area contributed by atoms with E-state index in [1.54, 1.807) is 6.07 Å². The molecular weight excluding hydrogens is 525 g/mol. The average Bonchev–Trinajstić information content (AvgIpc) is 3.48. The number of nitrogens with zero attached hydrogens (tertiary/aromatic N) is 4. The summed E-state index contributed by atoms with van der Waals surface area (Å²) >= 11 is 6.29. The molecule has 10 nitrogen and oxygen atoms in total. The van der Waals surface area contributed by atoms with Crippen molar-refractivity contribution in [1.82, 2.24) is 25.1 Å². The van der Waals surface area contributed by atoms with Crippen molar-refractivity contribution < 1.29 is 22.8 Å². The monoisotopic (exact) mass is 548 g/mol. The Balaban J connectivity index is 1.40. The van der Waals surface area contributed by atoms with Crippen molar-refractivity contribution in [2.24, 2.45) is 5.73 Å². The topological polar surface area (TPSA) is 155 Å². The van der Waals surface area contributed by atoms with Crippen LogP contribution in [0.4, 0.5) is 18.9 Å². The van der Waals surface area contributed by atoms with Crippen LogP contribution >= 0.6 is 11.6 Å². The Kier molecular flexibility index (Phi) is 8.03. The molecule has 0 bridgehead atoms. The van der Waals surface area contributed by atoms with E-state index < -0.39 is 17.8 Å². The van der Waals surface area contributed by atoms with E-state index in [0.717, 1.165) is 36.6 Å². The Morgan fingerprint density at radius 1 is 1.24 bits per heavy atom. The van der Waals surface area contributed by atoms with E-state index in [1.165, 1.54) is 24.4 Å². The van der Waals surface area contributed by atoms with Gasteiger partial charge >= 0.3 is 6.18 Å². The molecule has 5 N–H and O–H groups in total. The largest absolute Gasteiger partial charge is 0.435 e. The first-order valence-corrected chi connectivity index (χ1v) is 12.1. The summed E-state index contributed by atoms with van der Waals surface area (Å²) < 4.78 is 40.9. The van der Waals surface area contributed by atoms with Gasteiger partial charge in [0.05, 0.1) is 16.7 Å². The molecule has 0 radical (unpaired) electrons. The number of benzene rings is 1. The van der Waals surface area contributed by atoms with Gasteiger partial charge in [-0.15, -0.1) is 0 Å². The lowest BCUT2D eigenvalue weighted by molar-refractivity contribution is -0.142. The van der Waals surface area contributed by atoms with E-state index in [4.69, 9.17) is 22.6 Å². The Morgan fingerprint density at radius 2 is 1.97 bits per heavy atom. The molecule has 0 saturated heterocycles. The van der Waals surface area contributed by atoms with Gasteiger partial charge in [-0.3, -0.25) is 14.3 Å². The first-order valence-electron chi connectivity index (χ1n) is 11.7. The van der Waals surface area contributed by atoms with Gasteiger partial charge in [-0.25, -0.2) is 4.98 Å². The summed E-state index contributed by atoms with van der Waals surface area (Å²) in [7, 11) is 0. The second kappa shape index (κ2) is 11.2. The molecule has 0 aliphatic heterocycles. The SMILES string of the molecule is N#CCn1cc(Cc2cnc(C(=O)Nc3ccc(C(=O)NC4CCC(N)CC4)c(Cl)c3)[nH]2)c(C(F)(F)F)n1. The Labute approximate surface area is 220 Å². The van der Waals surface area contributed by atoms with Crippen LogP contribution in [0.2, 0.25) is 5.02 Å². The average molecular weight is 549 g/mol.